The highest BCUT2D eigenvalue weighted by molar-refractivity contribution is 6.62. The van der Waals surface area contributed by atoms with E-state index in [2.05, 4.69) is 15.3 Å². The van der Waals surface area contributed by atoms with Gasteiger partial charge in [-0.05, 0) is 83.6 Å². The molecule has 200 valence electrons. The molecule has 9 heteroatoms. The predicted octanol–water partition coefficient (Wildman–Crippen LogP) is 3.59. The smallest absolute Gasteiger partial charge is 0.490 e. The Hall–Kier alpha value is -3.01. The zero-order chi connectivity index (χ0) is 26.9. The molecule has 2 aromatic heterocycles. The van der Waals surface area contributed by atoms with Gasteiger partial charge in [-0.1, -0.05) is 24.3 Å². The first-order valence-electron chi connectivity index (χ1n) is 13.5. The molecule has 4 heterocycles. The maximum atomic E-state index is 12.9. The molecule has 3 aromatic rings. The van der Waals surface area contributed by atoms with Crippen LogP contribution < -0.4 is 21.1 Å². The van der Waals surface area contributed by atoms with Crippen molar-refractivity contribution in [2.45, 2.75) is 64.7 Å². The molecular formula is C29H37BN4O4. The van der Waals surface area contributed by atoms with Gasteiger partial charge in [0.2, 0.25) is 0 Å². The fourth-order valence-electron chi connectivity index (χ4n) is 4.84. The Morgan fingerprint density at radius 3 is 2.45 bits per heavy atom. The van der Waals surface area contributed by atoms with Crippen LogP contribution in [0.4, 0.5) is 0 Å². The van der Waals surface area contributed by atoms with Gasteiger partial charge in [0, 0.05) is 17.8 Å². The number of ether oxygens (including phenoxy) is 1. The van der Waals surface area contributed by atoms with Crippen molar-refractivity contribution < 1.29 is 14.0 Å². The molecule has 0 unspecified atom stereocenters. The summed E-state index contributed by atoms with van der Waals surface area (Å²) in [5.41, 5.74) is 1.68. The Labute approximate surface area is 224 Å². The summed E-state index contributed by atoms with van der Waals surface area (Å²) < 4.78 is 20.1. The molecule has 0 amide bonds. The molecular weight excluding hydrogens is 479 g/mol. The Balaban J connectivity index is 1.31. The molecule has 2 fully saturated rings. The third-order valence-electron chi connectivity index (χ3n) is 8.10. The highest BCUT2D eigenvalue weighted by Crippen LogP contribution is 2.36. The molecule has 0 spiro atoms. The second kappa shape index (κ2) is 10.6. The first kappa shape index (κ1) is 26.6. The van der Waals surface area contributed by atoms with Crippen LogP contribution in [0, 0.1) is 5.92 Å². The lowest BCUT2D eigenvalue weighted by atomic mass is 9.80. The number of piperidine rings is 1. The SMILES string of the molecule is C[C@H](c1cccc(-c2ncc(OCC3CCNCC3)cn2)c1)n1cc(B2OC(C)(C)C(C)(C)O2)ccc1=O. The average Bonchev–Trinajstić information content (AvgIpc) is 3.14. The van der Waals surface area contributed by atoms with Crippen LogP contribution >= 0.6 is 0 Å². The van der Waals surface area contributed by atoms with E-state index < -0.39 is 18.3 Å². The normalized spacial score (nSPS) is 19.9. The van der Waals surface area contributed by atoms with Crippen molar-refractivity contribution >= 4 is 12.6 Å². The van der Waals surface area contributed by atoms with Crippen molar-refractivity contribution in [1.82, 2.24) is 19.9 Å². The number of hydrogen-bond acceptors (Lipinski definition) is 7. The summed E-state index contributed by atoms with van der Waals surface area (Å²) in [5.74, 6) is 1.87. The van der Waals surface area contributed by atoms with Gasteiger partial charge < -0.3 is 23.9 Å². The molecule has 0 bridgehead atoms. The summed E-state index contributed by atoms with van der Waals surface area (Å²) in [4.78, 5) is 22.0. The number of nitrogens with zero attached hydrogens (tertiary/aromatic N) is 3. The van der Waals surface area contributed by atoms with Crippen LogP contribution in [0.3, 0.4) is 0 Å². The topological polar surface area (TPSA) is 87.5 Å². The molecule has 38 heavy (non-hydrogen) atoms. The minimum Gasteiger partial charge on any atom is -0.490 e. The summed E-state index contributed by atoms with van der Waals surface area (Å²) in [7, 11) is -0.533. The minimum absolute atomic E-state index is 0.0883. The molecule has 5 rings (SSSR count). The van der Waals surface area contributed by atoms with E-state index in [4.69, 9.17) is 14.0 Å². The van der Waals surface area contributed by atoms with Crippen LogP contribution in [-0.4, -0.2) is 52.6 Å². The third-order valence-corrected chi connectivity index (χ3v) is 8.10. The standard InChI is InChI=1S/C29H37BN4O4/c1-20(34-18-24(9-10-26(34)35)30-37-28(2,3)29(4,5)38-30)22-7-6-8-23(15-22)27-32-16-25(17-33-27)36-19-21-11-13-31-14-12-21/h6-10,15-18,20-21,31H,11-14,19H2,1-5H3/t20-/m1/s1. The van der Waals surface area contributed by atoms with Gasteiger partial charge in [0.15, 0.2) is 11.6 Å². The maximum Gasteiger partial charge on any atom is 0.496 e. The molecule has 1 N–H and O–H groups in total. The quantitative estimate of drug-likeness (QED) is 0.481. The highest BCUT2D eigenvalue weighted by Gasteiger charge is 2.51. The van der Waals surface area contributed by atoms with E-state index in [0.717, 1.165) is 42.5 Å². The number of pyridine rings is 1. The molecule has 0 radical (unpaired) electrons. The molecule has 0 aliphatic carbocycles. The van der Waals surface area contributed by atoms with Gasteiger partial charge in [-0.2, -0.15) is 0 Å². The number of aromatic nitrogens is 3. The maximum absolute atomic E-state index is 12.9. The van der Waals surface area contributed by atoms with Crippen LogP contribution in [0.2, 0.25) is 0 Å². The van der Waals surface area contributed by atoms with E-state index in [1.54, 1.807) is 29.1 Å². The van der Waals surface area contributed by atoms with Crippen molar-refractivity contribution in [3.8, 4) is 17.1 Å². The molecule has 1 aromatic carbocycles. The third kappa shape index (κ3) is 5.55. The lowest BCUT2D eigenvalue weighted by molar-refractivity contribution is 0.00578. The lowest BCUT2D eigenvalue weighted by Crippen LogP contribution is -2.41. The molecule has 8 nitrogen and oxygen atoms in total. The van der Waals surface area contributed by atoms with Gasteiger partial charge in [-0.3, -0.25) is 4.79 Å². The van der Waals surface area contributed by atoms with Crippen molar-refractivity contribution in [3.63, 3.8) is 0 Å². The zero-order valence-electron chi connectivity index (χ0n) is 22.9. The summed E-state index contributed by atoms with van der Waals surface area (Å²) >= 11 is 0. The second-order valence-corrected chi connectivity index (χ2v) is 11.3. The zero-order valence-corrected chi connectivity index (χ0v) is 22.9. The Morgan fingerprint density at radius 2 is 1.76 bits per heavy atom. The number of rotatable bonds is 7. The fraction of sp³-hybridized carbons (Fsp3) is 0.483. The van der Waals surface area contributed by atoms with Gasteiger partial charge in [0.05, 0.1) is 36.2 Å². The summed E-state index contributed by atoms with van der Waals surface area (Å²) in [6, 6.07) is 11.1. The van der Waals surface area contributed by atoms with Crippen LogP contribution in [-0.2, 0) is 9.31 Å². The summed E-state index contributed by atoms with van der Waals surface area (Å²) in [6.07, 6.45) is 7.57. The monoisotopic (exact) mass is 516 g/mol. The first-order valence-corrected chi connectivity index (χ1v) is 13.5. The Morgan fingerprint density at radius 1 is 1.08 bits per heavy atom. The van der Waals surface area contributed by atoms with Gasteiger partial charge in [0.1, 0.15) is 0 Å². The van der Waals surface area contributed by atoms with E-state index in [1.807, 2.05) is 65.1 Å². The fourth-order valence-corrected chi connectivity index (χ4v) is 4.84. The largest absolute Gasteiger partial charge is 0.496 e. The van der Waals surface area contributed by atoms with Crippen LogP contribution in [0.15, 0.2) is 59.8 Å². The molecule has 2 saturated heterocycles. The van der Waals surface area contributed by atoms with Gasteiger partial charge >= 0.3 is 7.12 Å². The van der Waals surface area contributed by atoms with E-state index in [-0.39, 0.29) is 11.6 Å². The van der Waals surface area contributed by atoms with Gasteiger partial charge in [-0.25, -0.2) is 9.97 Å². The van der Waals surface area contributed by atoms with Crippen molar-refractivity contribution in [3.05, 3.63) is 70.9 Å². The Bertz CT molecular complexity index is 1300. The highest BCUT2D eigenvalue weighted by atomic mass is 16.7. The molecule has 2 aliphatic rings. The van der Waals surface area contributed by atoms with Crippen LogP contribution in [0.5, 0.6) is 5.75 Å². The number of nitrogens with one attached hydrogen (secondary N) is 1. The summed E-state index contributed by atoms with van der Waals surface area (Å²) in [5, 5.41) is 3.38. The molecule has 2 aliphatic heterocycles. The minimum atomic E-state index is -0.533. The second-order valence-electron chi connectivity index (χ2n) is 11.3. The van der Waals surface area contributed by atoms with Gasteiger partial charge in [-0.15, -0.1) is 0 Å². The Kier molecular flexibility index (Phi) is 7.44. The van der Waals surface area contributed by atoms with Crippen molar-refractivity contribution in [2.75, 3.05) is 19.7 Å². The van der Waals surface area contributed by atoms with Gasteiger partial charge in [0.25, 0.3) is 5.56 Å². The number of benzene rings is 1. The number of hydrogen-bond donors (Lipinski definition) is 1. The average molecular weight is 516 g/mol. The summed E-state index contributed by atoms with van der Waals surface area (Å²) in [6.45, 7) is 12.9. The van der Waals surface area contributed by atoms with Crippen LogP contribution in [0.1, 0.15) is 59.1 Å². The van der Waals surface area contributed by atoms with Crippen molar-refractivity contribution in [2.24, 2.45) is 5.92 Å². The van der Waals surface area contributed by atoms with Crippen molar-refractivity contribution in [1.29, 1.82) is 0 Å². The lowest BCUT2D eigenvalue weighted by Gasteiger charge is -2.32. The van der Waals surface area contributed by atoms with E-state index >= 15 is 0 Å². The predicted molar refractivity (Wildman–Crippen MR) is 149 cm³/mol. The van der Waals surface area contributed by atoms with Crippen LogP contribution in [0.25, 0.3) is 11.4 Å². The molecule has 0 saturated carbocycles. The molecule has 1 atom stereocenters. The first-order chi connectivity index (χ1) is 18.1. The van der Waals surface area contributed by atoms with E-state index in [0.29, 0.717) is 24.1 Å². The van der Waals surface area contributed by atoms with E-state index in [9.17, 15) is 4.79 Å². The van der Waals surface area contributed by atoms with E-state index in [1.165, 1.54) is 0 Å².